The van der Waals surface area contributed by atoms with E-state index in [1.807, 2.05) is 27.9 Å². The number of anilines is 1. The lowest BCUT2D eigenvalue weighted by Gasteiger charge is -2.36. The molecule has 2 aromatic heterocycles. The van der Waals surface area contributed by atoms with Crippen molar-refractivity contribution in [2.24, 2.45) is 11.8 Å². The van der Waals surface area contributed by atoms with Crippen molar-refractivity contribution < 1.29 is 23.9 Å². The van der Waals surface area contributed by atoms with Gasteiger partial charge in [0.25, 0.3) is 5.91 Å². The zero-order valence-corrected chi connectivity index (χ0v) is 27.8. The molecule has 10 nitrogen and oxygen atoms in total. The molecular formula is C37H47N5O5. The number of ether oxygens (including phenoxy) is 2. The fraction of sp³-hybridized carbons (Fsp3) is 0.541. The number of nitrogens with zero attached hydrogens (tertiary/aromatic N) is 4. The molecule has 0 atom stereocenters. The first-order valence-corrected chi connectivity index (χ1v) is 17.2. The van der Waals surface area contributed by atoms with E-state index < -0.39 is 5.97 Å². The van der Waals surface area contributed by atoms with Gasteiger partial charge in [-0.2, -0.15) is 5.10 Å². The van der Waals surface area contributed by atoms with Crippen molar-refractivity contribution in [1.82, 2.24) is 20.1 Å². The summed E-state index contributed by atoms with van der Waals surface area (Å²) < 4.78 is 12.3. The number of aromatic nitrogens is 3. The molecule has 1 N–H and O–H groups in total. The average Bonchev–Trinajstić information content (AvgIpc) is 3.82. The molecular weight excluding hydrogens is 594 g/mol. The number of esters is 1. The number of hydrogen-bond donors (Lipinski definition) is 1. The van der Waals surface area contributed by atoms with Crippen LogP contribution in [0.2, 0.25) is 0 Å². The van der Waals surface area contributed by atoms with Crippen LogP contribution in [-0.2, 0) is 19.1 Å². The molecule has 250 valence electrons. The highest BCUT2D eigenvalue weighted by Gasteiger charge is 2.34. The minimum atomic E-state index is -0.478. The van der Waals surface area contributed by atoms with Crippen LogP contribution >= 0.6 is 0 Å². The highest BCUT2D eigenvalue weighted by molar-refractivity contribution is 5.95. The van der Waals surface area contributed by atoms with E-state index in [4.69, 9.17) is 14.5 Å². The second kappa shape index (κ2) is 14.7. The highest BCUT2D eigenvalue weighted by Crippen LogP contribution is 2.39. The molecule has 0 spiro atoms. The maximum Gasteiger partial charge on any atom is 0.303 e. The lowest BCUT2D eigenvalue weighted by molar-refractivity contribution is -0.146. The summed E-state index contributed by atoms with van der Waals surface area (Å²) in [5.41, 5.74) is 4.58. The van der Waals surface area contributed by atoms with Gasteiger partial charge in [-0.3, -0.25) is 24.0 Å². The van der Waals surface area contributed by atoms with Crippen LogP contribution in [0.25, 0.3) is 11.1 Å². The van der Waals surface area contributed by atoms with Gasteiger partial charge in [0.05, 0.1) is 19.3 Å². The average molecular weight is 642 g/mol. The maximum absolute atomic E-state index is 14.3. The number of pyridine rings is 1. The van der Waals surface area contributed by atoms with Gasteiger partial charge in [0.2, 0.25) is 5.91 Å². The molecule has 47 heavy (non-hydrogen) atoms. The van der Waals surface area contributed by atoms with Gasteiger partial charge in [0, 0.05) is 43.4 Å². The predicted molar refractivity (Wildman–Crippen MR) is 179 cm³/mol. The summed E-state index contributed by atoms with van der Waals surface area (Å²) in [5.74, 6) is 1.70. The minimum Gasteiger partial charge on any atom is -0.496 e. The topological polar surface area (TPSA) is 116 Å². The fourth-order valence-electron chi connectivity index (χ4n) is 7.30. The SMILES string of the molecule is COc1ccc(C2CCC(CN(C(=O)C3CCC(NC(=O)COC(C)=O)CC3)c3cc(-c4cnn(C5CC5)c4)ccn3)CC2)cc1C. The molecule has 10 heteroatoms. The van der Waals surface area contributed by atoms with Crippen molar-refractivity contribution >= 4 is 23.6 Å². The van der Waals surface area contributed by atoms with Crippen molar-refractivity contribution in [3.05, 3.63) is 60.0 Å². The fourth-order valence-corrected chi connectivity index (χ4v) is 7.30. The maximum atomic E-state index is 14.3. The van der Waals surface area contributed by atoms with Crippen LogP contribution in [0.15, 0.2) is 48.9 Å². The monoisotopic (exact) mass is 641 g/mol. The minimum absolute atomic E-state index is 0.0307. The van der Waals surface area contributed by atoms with Crippen LogP contribution in [0.4, 0.5) is 5.82 Å². The Balaban J connectivity index is 1.14. The molecule has 0 unspecified atom stereocenters. The first kappa shape index (κ1) is 32.7. The lowest BCUT2D eigenvalue weighted by atomic mass is 9.78. The van der Waals surface area contributed by atoms with Gasteiger partial charge in [-0.1, -0.05) is 12.1 Å². The summed E-state index contributed by atoms with van der Waals surface area (Å²) >= 11 is 0. The summed E-state index contributed by atoms with van der Waals surface area (Å²) in [7, 11) is 1.71. The van der Waals surface area contributed by atoms with Crippen LogP contribution in [0.1, 0.15) is 94.2 Å². The van der Waals surface area contributed by atoms with Gasteiger partial charge in [-0.25, -0.2) is 4.98 Å². The molecule has 6 rings (SSSR count). The Bertz CT molecular complexity index is 1570. The molecule has 0 radical (unpaired) electrons. The Morgan fingerprint density at radius 2 is 1.72 bits per heavy atom. The highest BCUT2D eigenvalue weighted by atomic mass is 16.5. The van der Waals surface area contributed by atoms with E-state index in [0.717, 1.165) is 48.1 Å². The lowest BCUT2D eigenvalue weighted by Crippen LogP contribution is -2.45. The van der Waals surface area contributed by atoms with Crippen LogP contribution in [0.5, 0.6) is 5.75 Å². The standard InChI is InChI=1S/C37H47N5O5/c1-24-18-29(10-15-34(24)46-3)27-6-4-26(5-7-27)21-41(35-19-30(16-17-38-35)31-20-39-42(22-31)33-13-14-33)37(45)28-8-11-32(12-9-28)40-36(44)23-47-25(2)43/h10,15-20,22,26-28,32-33H,4-9,11-14,21,23H2,1-3H3,(H,40,44). The summed E-state index contributed by atoms with van der Waals surface area (Å²) in [6.45, 7) is 3.75. The Hall–Kier alpha value is -4.21. The number of aryl methyl sites for hydroxylation is 1. The van der Waals surface area contributed by atoms with Crippen molar-refractivity contribution in [1.29, 1.82) is 0 Å². The van der Waals surface area contributed by atoms with Crippen LogP contribution in [0.3, 0.4) is 0 Å². The van der Waals surface area contributed by atoms with Crippen LogP contribution in [-0.4, -0.2) is 58.9 Å². The Morgan fingerprint density at radius 3 is 2.40 bits per heavy atom. The van der Waals surface area contributed by atoms with Gasteiger partial charge in [0.15, 0.2) is 6.61 Å². The first-order chi connectivity index (χ1) is 22.8. The molecule has 3 aromatic rings. The summed E-state index contributed by atoms with van der Waals surface area (Å²) in [5, 5.41) is 7.54. The van der Waals surface area contributed by atoms with Crippen molar-refractivity contribution in [2.45, 2.75) is 96.1 Å². The third-order valence-corrected chi connectivity index (χ3v) is 10.2. The summed E-state index contributed by atoms with van der Waals surface area (Å²) in [6, 6.07) is 11.0. The smallest absolute Gasteiger partial charge is 0.303 e. The van der Waals surface area contributed by atoms with E-state index in [9.17, 15) is 14.4 Å². The van der Waals surface area contributed by atoms with Gasteiger partial charge < -0.3 is 14.8 Å². The first-order valence-electron chi connectivity index (χ1n) is 17.2. The number of nitrogens with one attached hydrogen (secondary N) is 1. The van der Waals surface area contributed by atoms with Crippen molar-refractivity contribution in [3.63, 3.8) is 0 Å². The molecule has 0 bridgehead atoms. The Kier molecular flexibility index (Phi) is 10.2. The van der Waals surface area contributed by atoms with E-state index in [2.05, 4.69) is 41.7 Å². The van der Waals surface area contributed by atoms with Gasteiger partial charge in [0.1, 0.15) is 11.6 Å². The molecule has 1 aromatic carbocycles. The number of rotatable bonds is 11. The van der Waals surface area contributed by atoms with Crippen molar-refractivity contribution in [2.75, 3.05) is 25.2 Å². The van der Waals surface area contributed by atoms with Crippen LogP contribution < -0.4 is 15.0 Å². The zero-order chi connectivity index (χ0) is 32.9. The van der Waals surface area contributed by atoms with E-state index >= 15 is 0 Å². The zero-order valence-electron chi connectivity index (χ0n) is 27.8. The third-order valence-electron chi connectivity index (χ3n) is 10.2. The largest absolute Gasteiger partial charge is 0.496 e. The number of hydrogen-bond acceptors (Lipinski definition) is 7. The molecule has 2 heterocycles. The summed E-state index contributed by atoms with van der Waals surface area (Å²) in [6.07, 6.45) is 15.2. The molecule has 0 aliphatic heterocycles. The predicted octanol–water partition coefficient (Wildman–Crippen LogP) is 6.14. The Morgan fingerprint density at radius 1 is 0.957 bits per heavy atom. The molecule has 3 fully saturated rings. The van der Waals surface area contributed by atoms with Crippen LogP contribution in [0, 0.1) is 18.8 Å². The van der Waals surface area contributed by atoms with Gasteiger partial charge in [-0.05, 0) is 118 Å². The number of carbonyl (C=O) groups is 3. The van der Waals surface area contributed by atoms with Gasteiger partial charge >= 0.3 is 5.97 Å². The third kappa shape index (κ3) is 8.21. The Labute approximate surface area is 277 Å². The molecule has 3 aliphatic carbocycles. The quantitative estimate of drug-likeness (QED) is 0.250. The number of methoxy groups -OCH3 is 1. The second-order valence-electron chi connectivity index (χ2n) is 13.6. The molecule has 3 saturated carbocycles. The summed E-state index contributed by atoms with van der Waals surface area (Å²) in [4.78, 5) is 44.3. The van der Waals surface area contributed by atoms with E-state index in [1.165, 1.54) is 25.3 Å². The number of benzene rings is 1. The molecule has 2 amide bonds. The molecule has 0 saturated heterocycles. The second-order valence-corrected chi connectivity index (χ2v) is 13.6. The normalized spacial score (nSPS) is 22.7. The van der Waals surface area contributed by atoms with E-state index in [1.54, 1.807) is 13.3 Å². The number of carbonyl (C=O) groups excluding carboxylic acids is 3. The van der Waals surface area contributed by atoms with Crippen molar-refractivity contribution in [3.8, 4) is 16.9 Å². The van der Waals surface area contributed by atoms with Gasteiger partial charge in [-0.15, -0.1) is 0 Å². The van der Waals surface area contributed by atoms with E-state index in [0.29, 0.717) is 55.9 Å². The van der Waals surface area contributed by atoms with E-state index in [-0.39, 0.29) is 30.4 Å². The number of amides is 2. The molecule has 3 aliphatic rings.